The Morgan fingerprint density at radius 2 is 1.95 bits per heavy atom. The topological polar surface area (TPSA) is 35.2 Å². The lowest BCUT2D eigenvalue weighted by molar-refractivity contribution is 0.296. The summed E-state index contributed by atoms with van der Waals surface area (Å²) in [6.07, 6.45) is 0. The van der Waals surface area contributed by atoms with Gasteiger partial charge in [0, 0.05) is 17.2 Å². The van der Waals surface area contributed by atoms with Crippen LogP contribution in [0.5, 0.6) is 5.75 Å². The smallest absolute Gasteiger partial charge is 0.136 e. The molecule has 2 nitrogen and oxygen atoms in total. The van der Waals surface area contributed by atoms with E-state index in [9.17, 15) is 8.78 Å². The van der Waals surface area contributed by atoms with Gasteiger partial charge in [-0.2, -0.15) is 0 Å². The number of nitrogens with two attached hydrogens (primary N) is 1. The summed E-state index contributed by atoms with van der Waals surface area (Å²) in [6.45, 7) is -0.0513. The Balaban J connectivity index is 2.20. The molecule has 6 heteroatoms. The normalized spacial score (nSPS) is 10.3. The monoisotopic (exact) mass is 357 g/mol. The molecule has 0 aliphatic carbocycles. The molecule has 2 aromatic carbocycles. The molecule has 0 aliphatic heterocycles. The van der Waals surface area contributed by atoms with Gasteiger partial charge in [0.05, 0.1) is 4.47 Å². The van der Waals surface area contributed by atoms with Crippen LogP contribution in [0, 0.1) is 11.6 Å². The number of hydrogen-bond donors (Lipinski definition) is 1. The van der Waals surface area contributed by atoms with Gasteiger partial charge in [0.15, 0.2) is 0 Å². The third-order valence-electron chi connectivity index (χ3n) is 2.61. The van der Waals surface area contributed by atoms with E-state index >= 15 is 0 Å². The number of benzene rings is 2. The summed E-state index contributed by atoms with van der Waals surface area (Å²) >= 11 is 8.07. The Bertz CT molecular complexity index is 664. The lowest BCUT2D eigenvalue weighted by Crippen LogP contribution is -2.10. The third-order valence-corrected chi connectivity index (χ3v) is 3.50. The number of hydrogen-bond acceptors (Lipinski definition) is 2. The minimum absolute atomic E-state index is 0.0513. The van der Waals surface area contributed by atoms with Crippen LogP contribution in [0.4, 0.5) is 8.78 Å². The SMILES string of the molecule is NC(=S)c1ccc(F)c(COc2cc(F)ccc2Br)c1. The van der Waals surface area contributed by atoms with Gasteiger partial charge in [-0.15, -0.1) is 0 Å². The minimum atomic E-state index is -0.433. The van der Waals surface area contributed by atoms with Crippen LogP contribution in [0.1, 0.15) is 11.1 Å². The molecular formula is C14H10BrF2NOS. The second-order valence-corrected chi connectivity index (χ2v) is 5.33. The van der Waals surface area contributed by atoms with Gasteiger partial charge in [0.1, 0.15) is 29.0 Å². The Labute approximate surface area is 128 Å². The fraction of sp³-hybridized carbons (Fsp3) is 0.0714. The highest BCUT2D eigenvalue weighted by Gasteiger charge is 2.08. The molecule has 0 amide bonds. The number of halogens is 3. The van der Waals surface area contributed by atoms with E-state index in [-0.39, 0.29) is 11.6 Å². The third kappa shape index (κ3) is 3.52. The quantitative estimate of drug-likeness (QED) is 0.841. The van der Waals surface area contributed by atoms with Crippen molar-refractivity contribution in [3.8, 4) is 5.75 Å². The van der Waals surface area contributed by atoms with Gasteiger partial charge in [-0.3, -0.25) is 0 Å². The van der Waals surface area contributed by atoms with E-state index in [2.05, 4.69) is 15.9 Å². The fourth-order valence-corrected chi connectivity index (χ4v) is 2.07. The van der Waals surface area contributed by atoms with Crippen LogP contribution in [0.2, 0.25) is 0 Å². The zero-order chi connectivity index (χ0) is 14.7. The van der Waals surface area contributed by atoms with E-state index < -0.39 is 11.6 Å². The van der Waals surface area contributed by atoms with Gasteiger partial charge in [0.2, 0.25) is 0 Å². The van der Waals surface area contributed by atoms with Crippen LogP contribution < -0.4 is 10.5 Å². The van der Waals surface area contributed by atoms with Crippen molar-refractivity contribution in [3.63, 3.8) is 0 Å². The van der Waals surface area contributed by atoms with Crippen LogP contribution in [0.3, 0.4) is 0 Å². The van der Waals surface area contributed by atoms with Crippen LogP contribution in [-0.4, -0.2) is 4.99 Å². The van der Waals surface area contributed by atoms with Crippen molar-refractivity contribution < 1.29 is 13.5 Å². The van der Waals surface area contributed by atoms with Crippen LogP contribution in [0.25, 0.3) is 0 Å². The summed E-state index contributed by atoms with van der Waals surface area (Å²) in [5, 5.41) is 0. The van der Waals surface area contributed by atoms with Crippen molar-refractivity contribution in [2.24, 2.45) is 5.73 Å². The summed E-state index contributed by atoms with van der Waals surface area (Å²) in [5.74, 6) is -0.566. The van der Waals surface area contributed by atoms with E-state index in [1.54, 1.807) is 0 Å². The summed E-state index contributed by atoms with van der Waals surface area (Å²) in [5.41, 5.74) is 6.35. The average molecular weight is 358 g/mol. The van der Waals surface area contributed by atoms with Gasteiger partial charge in [0.25, 0.3) is 0 Å². The fourth-order valence-electron chi connectivity index (χ4n) is 1.58. The molecule has 0 atom stereocenters. The van der Waals surface area contributed by atoms with Crippen molar-refractivity contribution in [2.75, 3.05) is 0 Å². The van der Waals surface area contributed by atoms with Crippen molar-refractivity contribution in [1.82, 2.24) is 0 Å². The molecule has 0 aliphatic rings. The van der Waals surface area contributed by atoms with E-state index in [4.69, 9.17) is 22.7 Å². The lowest BCUT2D eigenvalue weighted by atomic mass is 10.1. The summed E-state index contributed by atoms with van der Waals surface area (Å²) < 4.78 is 32.8. The number of ether oxygens (including phenoxy) is 1. The van der Waals surface area contributed by atoms with E-state index in [0.717, 1.165) is 0 Å². The van der Waals surface area contributed by atoms with Gasteiger partial charge < -0.3 is 10.5 Å². The Hall–Kier alpha value is -1.53. The molecule has 0 aromatic heterocycles. The number of thiocarbonyl (C=S) groups is 1. The second-order valence-electron chi connectivity index (χ2n) is 4.03. The molecule has 0 unspecified atom stereocenters. The Morgan fingerprint density at radius 1 is 1.20 bits per heavy atom. The first-order valence-electron chi connectivity index (χ1n) is 5.63. The molecular weight excluding hydrogens is 348 g/mol. The summed E-state index contributed by atoms with van der Waals surface area (Å²) in [6, 6.07) is 8.33. The first-order chi connectivity index (χ1) is 9.47. The van der Waals surface area contributed by atoms with Gasteiger partial charge >= 0.3 is 0 Å². The zero-order valence-electron chi connectivity index (χ0n) is 10.2. The van der Waals surface area contributed by atoms with Crippen LogP contribution in [-0.2, 0) is 6.61 Å². The molecule has 104 valence electrons. The van der Waals surface area contributed by atoms with E-state index in [0.29, 0.717) is 21.3 Å². The minimum Gasteiger partial charge on any atom is -0.488 e. The molecule has 0 saturated carbocycles. The maximum Gasteiger partial charge on any atom is 0.136 e. The standard InChI is InChI=1S/C14H10BrF2NOS/c15-11-3-2-10(16)6-13(11)19-7-9-5-8(14(18)20)1-4-12(9)17/h1-6H,7H2,(H2,18,20). The second kappa shape index (κ2) is 6.28. The molecule has 0 heterocycles. The molecule has 2 rings (SSSR count). The molecule has 0 saturated heterocycles. The lowest BCUT2D eigenvalue weighted by Gasteiger charge is -2.10. The van der Waals surface area contributed by atoms with E-state index in [1.165, 1.54) is 36.4 Å². The molecule has 2 N–H and O–H groups in total. The molecule has 20 heavy (non-hydrogen) atoms. The largest absolute Gasteiger partial charge is 0.488 e. The Morgan fingerprint density at radius 3 is 2.65 bits per heavy atom. The highest BCUT2D eigenvalue weighted by molar-refractivity contribution is 9.10. The van der Waals surface area contributed by atoms with Crippen molar-refractivity contribution in [1.29, 1.82) is 0 Å². The molecule has 0 radical (unpaired) electrons. The molecule has 0 bridgehead atoms. The summed E-state index contributed by atoms with van der Waals surface area (Å²) in [4.78, 5) is 0.179. The maximum atomic E-state index is 13.7. The first-order valence-corrected chi connectivity index (χ1v) is 6.83. The molecule has 2 aromatic rings. The Kier molecular flexibility index (Phi) is 4.67. The van der Waals surface area contributed by atoms with Crippen LogP contribution >= 0.6 is 28.1 Å². The van der Waals surface area contributed by atoms with Crippen molar-refractivity contribution >= 4 is 33.1 Å². The predicted molar refractivity (Wildman–Crippen MR) is 80.7 cm³/mol. The zero-order valence-corrected chi connectivity index (χ0v) is 12.6. The van der Waals surface area contributed by atoms with Gasteiger partial charge in [-0.25, -0.2) is 8.78 Å². The predicted octanol–water partition coefficient (Wildman–Crippen LogP) is 3.94. The highest BCUT2D eigenvalue weighted by atomic mass is 79.9. The average Bonchev–Trinajstić information content (AvgIpc) is 2.41. The molecule has 0 fully saturated rings. The summed E-state index contributed by atoms with van der Waals surface area (Å²) in [7, 11) is 0. The van der Waals surface area contributed by atoms with Gasteiger partial charge in [-0.1, -0.05) is 12.2 Å². The first kappa shape index (κ1) is 14.9. The highest BCUT2D eigenvalue weighted by Crippen LogP contribution is 2.26. The van der Waals surface area contributed by atoms with Crippen LogP contribution in [0.15, 0.2) is 40.9 Å². The molecule has 0 spiro atoms. The van der Waals surface area contributed by atoms with Crippen molar-refractivity contribution in [2.45, 2.75) is 6.61 Å². The van der Waals surface area contributed by atoms with Crippen molar-refractivity contribution in [3.05, 3.63) is 63.6 Å². The number of rotatable bonds is 4. The van der Waals surface area contributed by atoms with E-state index in [1.807, 2.05) is 0 Å². The maximum absolute atomic E-state index is 13.7. The van der Waals surface area contributed by atoms with Gasteiger partial charge in [-0.05, 0) is 46.3 Å².